The van der Waals surface area contributed by atoms with Crippen LogP contribution in [0.4, 0.5) is 0 Å². The number of carbonyl (C=O) groups is 2. The topological polar surface area (TPSA) is 54.3 Å². The smallest absolute Gasteiger partial charge is 0.254 e. The van der Waals surface area contributed by atoms with E-state index in [1.807, 2.05) is 38.1 Å². The summed E-state index contributed by atoms with van der Waals surface area (Å²) in [6.07, 6.45) is 0. The molecule has 0 saturated carbocycles. The molecule has 24 heavy (non-hydrogen) atoms. The lowest BCUT2D eigenvalue weighted by molar-refractivity contribution is -0.121. The van der Waals surface area contributed by atoms with Crippen LogP contribution in [-0.4, -0.2) is 40.9 Å². The predicted molar refractivity (Wildman–Crippen MR) is 95.5 cm³/mol. The van der Waals surface area contributed by atoms with Crippen molar-refractivity contribution < 1.29 is 9.59 Å². The van der Waals surface area contributed by atoms with Gasteiger partial charge in [0.2, 0.25) is 5.91 Å². The van der Waals surface area contributed by atoms with Gasteiger partial charge < -0.3 is 14.8 Å². The maximum Gasteiger partial charge on any atom is 0.254 e. The van der Waals surface area contributed by atoms with Crippen LogP contribution in [0.25, 0.3) is 5.69 Å². The molecule has 5 heteroatoms. The van der Waals surface area contributed by atoms with Crippen LogP contribution in [0, 0.1) is 13.8 Å². The number of rotatable bonds is 6. The summed E-state index contributed by atoms with van der Waals surface area (Å²) in [5, 5.41) is 2.72. The summed E-state index contributed by atoms with van der Waals surface area (Å²) in [7, 11) is 0. The van der Waals surface area contributed by atoms with E-state index in [-0.39, 0.29) is 18.4 Å². The number of amides is 2. The van der Waals surface area contributed by atoms with Gasteiger partial charge in [-0.15, -0.1) is 0 Å². The van der Waals surface area contributed by atoms with Gasteiger partial charge in [-0.2, -0.15) is 0 Å². The summed E-state index contributed by atoms with van der Waals surface area (Å²) in [5.41, 5.74) is 3.92. The summed E-state index contributed by atoms with van der Waals surface area (Å²) in [4.78, 5) is 25.9. The van der Waals surface area contributed by atoms with Crippen molar-refractivity contribution >= 4 is 11.8 Å². The monoisotopic (exact) mass is 327 g/mol. The van der Waals surface area contributed by atoms with Crippen molar-refractivity contribution in [3.8, 4) is 5.69 Å². The number of hydrogen-bond acceptors (Lipinski definition) is 2. The Morgan fingerprint density at radius 3 is 2.08 bits per heavy atom. The Morgan fingerprint density at radius 1 is 1.00 bits per heavy atom. The van der Waals surface area contributed by atoms with Crippen LogP contribution in [0.1, 0.15) is 35.6 Å². The zero-order valence-electron chi connectivity index (χ0n) is 14.8. The normalized spacial score (nSPS) is 10.5. The molecule has 1 N–H and O–H groups in total. The van der Waals surface area contributed by atoms with Crippen LogP contribution in [0.2, 0.25) is 0 Å². The van der Waals surface area contributed by atoms with Crippen LogP contribution in [0.5, 0.6) is 0 Å². The minimum absolute atomic E-state index is 0.0841. The number of likely N-dealkylation sites (N-methyl/N-ethyl adjacent to an activating group) is 2. The zero-order chi connectivity index (χ0) is 17.7. The van der Waals surface area contributed by atoms with E-state index in [2.05, 4.69) is 35.9 Å². The largest absolute Gasteiger partial charge is 0.355 e. The molecule has 0 saturated heterocycles. The molecule has 2 aromatic rings. The summed E-state index contributed by atoms with van der Waals surface area (Å²) in [6.45, 7) is 8.98. The first-order chi connectivity index (χ1) is 11.5. The number of nitrogens with zero attached hydrogens (tertiary/aromatic N) is 2. The molecule has 0 spiro atoms. The number of carbonyl (C=O) groups excluding carboxylic acids is 2. The molecule has 0 aliphatic rings. The first kappa shape index (κ1) is 17.8. The van der Waals surface area contributed by atoms with Gasteiger partial charge in [0.05, 0.1) is 6.54 Å². The molecule has 0 unspecified atom stereocenters. The standard InChI is InChI=1S/C19H25N3O2/c1-5-20-18(23)13-21(6-2)19(24)16-9-11-17(12-10-16)22-14(3)7-8-15(22)4/h7-12H,5-6,13H2,1-4H3,(H,20,23). The number of aromatic nitrogens is 1. The first-order valence-corrected chi connectivity index (χ1v) is 8.29. The highest BCUT2D eigenvalue weighted by atomic mass is 16.2. The van der Waals surface area contributed by atoms with Crippen molar-refractivity contribution in [2.75, 3.05) is 19.6 Å². The van der Waals surface area contributed by atoms with E-state index < -0.39 is 0 Å². The molecule has 2 amide bonds. The molecule has 0 fully saturated rings. The molecule has 1 aromatic carbocycles. The van der Waals surface area contributed by atoms with E-state index in [1.54, 1.807) is 4.90 Å². The molecular formula is C19H25N3O2. The van der Waals surface area contributed by atoms with E-state index in [4.69, 9.17) is 0 Å². The molecule has 0 aliphatic heterocycles. The fourth-order valence-corrected chi connectivity index (χ4v) is 2.76. The van der Waals surface area contributed by atoms with Gasteiger partial charge in [-0.25, -0.2) is 0 Å². The zero-order valence-corrected chi connectivity index (χ0v) is 14.8. The Balaban J connectivity index is 2.17. The Morgan fingerprint density at radius 2 is 1.58 bits per heavy atom. The Hall–Kier alpha value is -2.56. The van der Waals surface area contributed by atoms with Crippen molar-refractivity contribution in [1.82, 2.24) is 14.8 Å². The lowest BCUT2D eigenvalue weighted by atomic mass is 10.1. The van der Waals surface area contributed by atoms with Gasteiger partial charge >= 0.3 is 0 Å². The number of aryl methyl sites for hydroxylation is 2. The molecule has 0 aliphatic carbocycles. The van der Waals surface area contributed by atoms with E-state index in [1.165, 1.54) is 0 Å². The van der Waals surface area contributed by atoms with Crippen molar-refractivity contribution in [3.05, 3.63) is 53.3 Å². The molecule has 5 nitrogen and oxygen atoms in total. The van der Waals surface area contributed by atoms with Crippen LogP contribution in [0.15, 0.2) is 36.4 Å². The van der Waals surface area contributed by atoms with Gasteiger partial charge in [0, 0.05) is 35.7 Å². The molecule has 0 bridgehead atoms. The summed E-state index contributed by atoms with van der Waals surface area (Å²) in [6, 6.07) is 11.6. The fraction of sp³-hybridized carbons (Fsp3) is 0.368. The van der Waals surface area contributed by atoms with E-state index in [9.17, 15) is 9.59 Å². The minimum Gasteiger partial charge on any atom is -0.355 e. The quantitative estimate of drug-likeness (QED) is 0.887. The van der Waals surface area contributed by atoms with Gasteiger partial charge in [0.1, 0.15) is 0 Å². The third-order valence-corrected chi connectivity index (χ3v) is 4.02. The molecular weight excluding hydrogens is 302 g/mol. The SMILES string of the molecule is CCNC(=O)CN(CC)C(=O)c1ccc(-n2c(C)ccc2C)cc1. The number of hydrogen-bond donors (Lipinski definition) is 1. The van der Waals surface area contributed by atoms with E-state index >= 15 is 0 Å². The summed E-state index contributed by atoms with van der Waals surface area (Å²) >= 11 is 0. The van der Waals surface area contributed by atoms with Crippen molar-refractivity contribution in [1.29, 1.82) is 0 Å². The lowest BCUT2D eigenvalue weighted by Gasteiger charge is -2.20. The minimum atomic E-state index is -0.136. The second-order valence-corrected chi connectivity index (χ2v) is 5.77. The Bertz CT molecular complexity index is 697. The molecule has 1 heterocycles. The first-order valence-electron chi connectivity index (χ1n) is 8.29. The van der Waals surface area contributed by atoms with Crippen molar-refractivity contribution in [2.45, 2.75) is 27.7 Å². The van der Waals surface area contributed by atoms with Gasteiger partial charge in [0.15, 0.2) is 0 Å². The molecule has 1 aromatic heterocycles. The van der Waals surface area contributed by atoms with Crippen LogP contribution < -0.4 is 5.32 Å². The van der Waals surface area contributed by atoms with Crippen LogP contribution >= 0.6 is 0 Å². The highest BCUT2D eigenvalue weighted by molar-refractivity contribution is 5.96. The van der Waals surface area contributed by atoms with Gasteiger partial charge in [-0.1, -0.05) is 0 Å². The third-order valence-electron chi connectivity index (χ3n) is 4.02. The highest BCUT2D eigenvalue weighted by Crippen LogP contribution is 2.17. The highest BCUT2D eigenvalue weighted by Gasteiger charge is 2.17. The summed E-state index contributed by atoms with van der Waals surface area (Å²) < 4.78 is 2.14. The predicted octanol–water partition coefficient (Wildman–Crippen LogP) is 2.69. The molecule has 0 atom stereocenters. The van der Waals surface area contributed by atoms with Gasteiger partial charge in [-0.3, -0.25) is 9.59 Å². The van der Waals surface area contributed by atoms with Crippen molar-refractivity contribution in [3.63, 3.8) is 0 Å². The number of benzene rings is 1. The van der Waals surface area contributed by atoms with Gasteiger partial charge in [-0.05, 0) is 64.1 Å². The van der Waals surface area contributed by atoms with E-state index in [0.717, 1.165) is 17.1 Å². The molecule has 2 rings (SSSR count). The second-order valence-electron chi connectivity index (χ2n) is 5.77. The summed E-state index contributed by atoms with van der Waals surface area (Å²) in [5.74, 6) is -0.265. The average molecular weight is 327 g/mol. The Kier molecular flexibility index (Phi) is 5.79. The van der Waals surface area contributed by atoms with E-state index in [0.29, 0.717) is 18.7 Å². The molecule has 0 radical (unpaired) electrons. The lowest BCUT2D eigenvalue weighted by Crippen LogP contribution is -2.40. The number of nitrogens with one attached hydrogen (secondary N) is 1. The maximum absolute atomic E-state index is 12.6. The molecule has 128 valence electrons. The third kappa shape index (κ3) is 3.85. The van der Waals surface area contributed by atoms with Gasteiger partial charge in [0.25, 0.3) is 5.91 Å². The van der Waals surface area contributed by atoms with Crippen LogP contribution in [-0.2, 0) is 4.79 Å². The second kappa shape index (κ2) is 7.81. The maximum atomic E-state index is 12.6. The average Bonchev–Trinajstić information content (AvgIpc) is 2.91. The van der Waals surface area contributed by atoms with Crippen molar-refractivity contribution in [2.24, 2.45) is 0 Å². The fourth-order valence-electron chi connectivity index (χ4n) is 2.76. The van der Waals surface area contributed by atoms with Crippen LogP contribution in [0.3, 0.4) is 0 Å². The Labute approximate surface area is 143 Å².